The van der Waals surface area contributed by atoms with Crippen LogP contribution in [0.25, 0.3) is 17.1 Å². The number of hydrogen-bond donors (Lipinski definition) is 1. The molecule has 21 heavy (non-hydrogen) atoms. The molecule has 2 N–H and O–H groups in total. The van der Waals surface area contributed by atoms with Crippen LogP contribution in [0.1, 0.15) is 0 Å². The van der Waals surface area contributed by atoms with E-state index in [4.69, 9.17) is 28.9 Å². The van der Waals surface area contributed by atoms with Crippen LogP contribution < -0.4 is 5.73 Å². The SMILES string of the molecule is Nc1ccc(Br)c(-c2nnnn2-c2ccc(Cl)cc2Cl)c1. The molecule has 2 aromatic carbocycles. The number of nitrogens with two attached hydrogens (primary N) is 1. The summed E-state index contributed by atoms with van der Waals surface area (Å²) in [5, 5.41) is 12.8. The molecule has 3 aromatic rings. The first-order valence-corrected chi connectivity index (χ1v) is 7.40. The second-order valence-electron chi connectivity index (χ2n) is 4.25. The second kappa shape index (κ2) is 5.63. The maximum atomic E-state index is 6.21. The molecule has 0 saturated heterocycles. The van der Waals surface area contributed by atoms with Crippen LogP contribution in [0.5, 0.6) is 0 Å². The average molecular weight is 385 g/mol. The summed E-state index contributed by atoms with van der Waals surface area (Å²) < 4.78 is 2.37. The highest BCUT2D eigenvalue weighted by Gasteiger charge is 2.16. The Labute approximate surface area is 138 Å². The lowest BCUT2D eigenvalue weighted by atomic mass is 10.2. The van der Waals surface area contributed by atoms with Gasteiger partial charge in [0.25, 0.3) is 0 Å². The van der Waals surface area contributed by atoms with E-state index in [9.17, 15) is 0 Å². The number of benzene rings is 2. The Kier molecular flexibility index (Phi) is 3.84. The monoisotopic (exact) mass is 383 g/mol. The molecule has 3 rings (SSSR count). The zero-order chi connectivity index (χ0) is 15.0. The van der Waals surface area contributed by atoms with Gasteiger partial charge in [-0.3, -0.25) is 0 Å². The van der Waals surface area contributed by atoms with Crippen LogP contribution in [0, 0.1) is 0 Å². The second-order valence-corrected chi connectivity index (χ2v) is 5.95. The van der Waals surface area contributed by atoms with E-state index >= 15 is 0 Å². The molecule has 106 valence electrons. The first-order valence-electron chi connectivity index (χ1n) is 5.85. The third kappa shape index (κ3) is 2.74. The smallest absolute Gasteiger partial charge is 0.188 e. The Morgan fingerprint density at radius 3 is 2.67 bits per heavy atom. The first-order chi connectivity index (χ1) is 10.1. The van der Waals surface area contributed by atoms with Crippen molar-refractivity contribution in [1.29, 1.82) is 0 Å². The van der Waals surface area contributed by atoms with Gasteiger partial charge in [-0.2, -0.15) is 4.68 Å². The van der Waals surface area contributed by atoms with E-state index in [0.717, 1.165) is 10.0 Å². The van der Waals surface area contributed by atoms with Crippen molar-refractivity contribution in [3.05, 3.63) is 50.9 Å². The van der Waals surface area contributed by atoms with E-state index in [1.54, 1.807) is 30.3 Å². The Morgan fingerprint density at radius 2 is 1.90 bits per heavy atom. The fourth-order valence-electron chi connectivity index (χ4n) is 1.88. The predicted octanol–water partition coefficient (Wildman–Crippen LogP) is 3.98. The maximum absolute atomic E-state index is 6.21. The van der Waals surface area contributed by atoms with Crippen molar-refractivity contribution in [1.82, 2.24) is 20.2 Å². The molecule has 0 radical (unpaired) electrons. The normalized spacial score (nSPS) is 10.8. The largest absolute Gasteiger partial charge is 0.399 e. The number of aromatic nitrogens is 4. The lowest BCUT2D eigenvalue weighted by Gasteiger charge is -2.08. The highest BCUT2D eigenvalue weighted by Crippen LogP contribution is 2.31. The molecule has 0 atom stereocenters. The number of anilines is 1. The van der Waals surface area contributed by atoms with Gasteiger partial charge >= 0.3 is 0 Å². The number of rotatable bonds is 2. The number of halogens is 3. The average Bonchev–Trinajstić information content (AvgIpc) is 2.90. The van der Waals surface area contributed by atoms with Crippen LogP contribution in [0.4, 0.5) is 5.69 Å². The lowest BCUT2D eigenvalue weighted by molar-refractivity contribution is 0.791. The van der Waals surface area contributed by atoms with Crippen molar-refractivity contribution in [3.8, 4) is 17.1 Å². The Hall–Kier alpha value is -1.63. The Bertz CT molecular complexity index is 818. The number of hydrogen-bond acceptors (Lipinski definition) is 4. The number of nitrogens with zero attached hydrogens (tertiary/aromatic N) is 4. The summed E-state index contributed by atoms with van der Waals surface area (Å²) in [6, 6.07) is 10.5. The molecular formula is C13H8BrCl2N5. The molecule has 8 heteroatoms. The van der Waals surface area contributed by atoms with E-state index in [2.05, 4.69) is 31.5 Å². The van der Waals surface area contributed by atoms with Gasteiger partial charge in [-0.25, -0.2) is 0 Å². The zero-order valence-corrected chi connectivity index (χ0v) is 13.6. The van der Waals surface area contributed by atoms with Crippen molar-refractivity contribution in [3.63, 3.8) is 0 Å². The number of tetrazole rings is 1. The van der Waals surface area contributed by atoms with Crippen molar-refractivity contribution in [2.45, 2.75) is 0 Å². The van der Waals surface area contributed by atoms with Crippen molar-refractivity contribution in [2.75, 3.05) is 5.73 Å². The first kappa shape index (κ1) is 14.3. The highest BCUT2D eigenvalue weighted by molar-refractivity contribution is 9.10. The number of nitrogen functional groups attached to an aromatic ring is 1. The van der Waals surface area contributed by atoms with Gasteiger partial charge in [-0.1, -0.05) is 39.1 Å². The van der Waals surface area contributed by atoms with E-state index in [1.165, 1.54) is 4.68 Å². The minimum Gasteiger partial charge on any atom is -0.399 e. The van der Waals surface area contributed by atoms with Crippen LogP contribution in [-0.2, 0) is 0 Å². The molecule has 0 saturated carbocycles. The fourth-order valence-corrected chi connectivity index (χ4v) is 2.80. The van der Waals surface area contributed by atoms with Gasteiger partial charge in [0.15, 0.2) is 5.82 Å². The molecule has 0 spiro atoms. The summed E-state index contributed by atoms with van der Waals surface area (Å²) >= 11 is 15.6. The van der Waals surface area contributed by atoms with E-state index in [-0.39, 0.29) is 0 Å². The Morgan fingerprint density at radius 1 is 1.10 bits per heavy atom. The van der Waals surface area contributed by atoms with Crippen LogP contribution in [0.2, 0.25) is 10.0 Å². The molecule has 0 aliphatic carbocycles. The zero-order valence-electron chi connectivity index (χ0n) is 10.5. The third-order valence-corrected chi connectivity index (χ3v) is 4.07. The maximum Gasteiger partial charge on any atom is 0.188 e. The van der Waals surface area contributed by atoms with Gasteiger partial charge in [0.1, 0.15) is 0 Å². The van der Waals surface area contributed by atoms with Gasteiger partial charge in [0, 0.05) is 20.7 Å². The van der Waals surface area contributed by atoms with Crippen LogP contribution >= 0.6 is 39.1 Å². The molecule has 0 amide bonds. The highest BCUT2D eigenvalue weighted by atomic mass is 79.9. The van der Waals surface area contributed by atoms with Crippen molar-refractivity contribution in [2.24, 2.45) is 0 Å². The van der Waals surface area contributed by atoms with Gasteiger partial charge in [-0.15, -0.1) is 5.10 Å². The molecule has 5 nitrogen and oxygen atoms in total. The lowest BCUT2D eigenvalue weighted by Crippen LogP contribution is -2.01. The minimum absolute atomic E-state index is 0.455. The predicted molar refractivity (Wildman–Crippen MR) is 86.7 cm³/mol. The molecule has 0 bridgehead atoms. The quantitative estimate of drug-likeness (QED) is 0.678. The summed E-state index contributed by atoms with van der Waals surface area (Å²) in [6.45, 7) is 0. The van der Waals surface area contributed by atoms with E-state index in [1.807, 2.05) is 6.07 Å². The topological polar surface area (TPSA) is 69.6 Å². The standard InChI is InChI=1S/C13H8BrCl2N5/c14-10-3-2-8(17)6-9(10)13-18-19-20-21(13)12-4-1-7(15)5-11(12)16/h1-6H,17H2. The van der Waals surface area contributed by atoms with Crippen LogP contribution in [0.3, 0.4) is 0 Å². The summed E-state index contributed by atoms with van der Waals surface area (Å²) in [6.07, 6.45) is 0. The van der Waals surface area contributed by atoms with Gasteiger partial charge < -0.3 is 5.73 Å². The van der Waals surface area contributed by atoms with Crippen molar-refractivity contribution < 1.29 is 0 Å². The molecular weight excluding hydrogens is 377 g/mol. The summed E-state index contributed by atoms with van der Waals surface area (Å²) in [5.41, 5.74) is 7.85. The van der Waals surface area contributed by atoms with Crippen LogP contribution in [-0.4, -0.2) is 20.2 Å². The van der Waals surface area contributed by atoms with Gasteiger partial charge in [-0.05, 0) is 46.8 Å². The molecule has 0 fully saturated rings. The minimum atomic E-state index is 0.455. The van der Waals surface area contributed by atoms with Crippen LogP contribution in [0.15, 0.2) is 40.9 Å². The molecule has 0 unspecified atom stereocenters. The summed E-state index contributed by atoms with van der Waals surface area (Å²) in [5.74, 6) is 0.526. The van der Waals surface area contributed by atoms with E-state index < -0.39 is 0 Å². The molecule has 0 aliphatic heterocycles. The van der Waals surface area contributed by atoms with E-state index in [0.29, 0.717) is 27.2 Å². The molecule has 1 heterocycles. The molecule has 0 aliphatic rings. The van der Waals surface area contributed by atoms with Crippen molar-refractivity contribution >= 4 is 44.8 Å². The summed E-state index contributed by atoms with van der Waals surface area (Å²) in [7, 11) is 0. The van der Waals surface area contributed by atoms with Gasteiger partial charge in [0.2, 0.25) is 0 Å². The Balaban J connectivity index is 2.19. The van der Waals surface area contributed by atoms with Gasteiger partial charge in [0.05, 0.1) is 10.7 Å². The third-order valence-electron chi connectivity index (χ3n) is 2.84. The fraction of sp³-hybridized carbons (Fsp3) is 0. The molecule has 1 aromatic heterocycles. The summed E-state index contributed by atoms with van der Waals surface area (Å²) in [4.78, 5) is 0.